The van der Waals surface area contributed by atoms with Gasteiger partial charge in [0.1, 0.15) is 0 Å². The van der Waals surface area contributed by atoms with Crippen LogP contribution in [0.4, 0.5) is 5.69 Å². The Hall–Kier alpha value is -3.11. The van der Waals surface area contributed by atoms with E-state index in [1.807, 2.05) is 30.3 Å². The van der Waals surface area contributed by atoms with Crippen LogP contribution in [0.3, 0.4) is 0 Å². The first-order chi connectivity index (χ1) is 12.6. The van der Waals surface area contributed by atoms with Crippen molar-refractivity contribution in [2.45, 2.75) is 12.6 Å². The van der Waals surface area contributed by atoms with Crippen LogP contribution in [-0.2, 0) is 11.3 Å². The molecule has 3 aromatic carbocycles. The number of fused-ring (bicyclic) bond motifs is 2. The fourth-order valence-electron chi connectivity index (χ4n) is 3.61. The van der Waals surface area contributed by atoms with Gasteiger partial charge in [0, 0.05) is 24.7 Å². The average Bonchev–Trinajstić information content (AvgIpc) is 2.96. The fourth-order valence-corrected chi connectivity index (χ4v) is 3.61. The highest BCUT2D eigenvalue weighted by Gasteiger charge is 2.28. The summed E-state index contributed by atoms with van der Waals surface area (Å²) in [4.78, 5) is 13.0. The normalized spacial score (nSPS) is 16.3. The Bertz CT molecular complexity index is 1010. The highest BCUT2D eigenvalue weighted by Crippen LogP contribution is 2.39. The molecule has 1 aliphatic heterocycles. The van der Waals surface area contributed by atoms with Gasteiger partial charge in [-0.3, -0.25) is 0 Å². The number of carboxylic acids is 1. The molecule has 0 saturated carbocycles. The minimum atomic E-state index is -0.984. The summed E-state index contributed by atoms with van der Waals surface area (Å²) in [6, 6.07) is 20.2. The molecule has 4 nitrogen and oxygen atoms in total. The predicted octanol–water partition coefficient (Wildman–Crippen LogP) is 3.99. The van der Waals surface area contributed by atoms with Crippen molar-refractivity contribution in [1.29, 1.82) is 0 Å². The third-order valence-corrected chi connectivity index (χ3v) is 4.76. The number of carbonyl (C=O) groups is 1. The van der Waals surface area contributed by atoms with E-state index >= 15 is 0 Å². The first-order valence-electron chi connectivity index (χ1n) is 8.56. The van der Waals surface area contributed by atoms with E-state index in [9.17, 15) is 9.90 Å². The molecule has 0 radical (unpaired) electrons. The van der Waals surface area contributed by atoms with E-state index in [0.29, 0.717) is 13.1 Å². The number of hydrogen-bond acceptors (Lipinski definition) is 3. The van der Waals surface area contributed by atoms with Gasteiger partial charge in [0.15, 0.2) is 0 Å². The van der Waals surface area contributed by atoms with Crippen LogP contribution in [0.15, 0.2) is 66.7 Å². The predicted molar refractivity (Wildman–Crippen MR) is 103 cm³/mol. The number of aliphatic carboxylic acids is 1. The van der Waals surface area contributed by atoms with Gasteiger partial charge in [-0.25, -0.2) is 4.79 Å². The average molecular weight is 345 g/mol. The summed E-state index contributed by atoms with van der Waals surface area (Å²) in [6.45, 7) is 1.16. The number of β-amino-alcohol motifs (C(OH)–C–C–N with tert-alkyl or cyclic N) is 1. The van der Waals surface area contributed by atoms with Gasteiger partial charge in [-0.1, -0.05) is 54.6 Å². The van der Waals surface area contributed by atoms with E-state index in [2.05, 4.69) is 35.2 Å². The van der Waals surface area contributed by atoms with E-state index in [0.717, 1.165) is 28.5 Å². The van der Waals surface area contributed by atoms with E-state index < -0.39 is 12.1 Å². The second-order valence-corrected chi connectivity index (χ2v) is 6.53. The first-order valence-corrected chi connectivity index (χ1v) is 8.56. The van der Waals surface area contributed by atoms with Crippen molar-refractivity contribution in [2.75, 3.05) is 11.4 Å². The molecule has 0 saturated heterocycles. The lowest BCUT2D eigenvalue weighted by atomic mass is 10.0. The SMILES string of the molecule is O=C(O)/C=C/c1cccc2c1N(Cc1ccc3ccccc3c1)CC2O. The summed E-state index contributed by atoms with van der Waals surface area (Å²) in [7, 11) is 0. The summed E-state index contributed by atoms with van der Waals surface area (Å²) in [6.07, 6.45) is 2.16. The molecule has 130 valence electrons. The zero-order chi connectivity index (χ0) is 18.1. The Labute approximate surface area is 151 Å². The lowest BCUT2D eigenvalue weighted by Crippen LogP contribution is -2.21. The van der Waals surface area contributed by atoms with Crippen molar-refractivity contribution < 1.29 is 15.0 Å². The van der Waals surface area contributed by atoms with Crippen LogP contribution < -0.4 is 4.90 Å². The lowest BCUT2D eigenvalue weighted by molar-refractivity contribution is -0.131. The van der Waals surface area contributed by atoms with Crippen molar-refractivity contribution in [3.05, 3.63) is 83.4 Å². The highest BCUT2D eigenvalue weighted by molar-refractivity contribution is 5.88. The topological polar surface area (TPSA) is 60.8 Å². The fraction of sp³-hybridized carbons (Fsp3) is 0.136. The van der Waals surface area contributed by atoms with Gasteiger partial charge in [-0.05, 0) is 34.0 Å². The number of nitrogens with zero attached hydrogens (tertiary/aromatic N) is 1. The summed E-state index contributed by atoms with van der Waals surface area (Å²) < 4.78 is 0. The molecule has 3 aromatic rings. The molecule has 0 aliphatic carbocycles. The van der Waals surface area contributed by atoms with Gasteiger partial charge in [-0.15, -0.1) is 0 Å². The molecular weight excluding hydrogens is 326 g/mol. The number of aliphatic hydroxyl groups excluding tert-OH is 1. The summed E-state index contributed by atoms with van der Waals surface area (Å²) in [5, 5.41) is 21.7. The zero-order valence-corrected chi connectivity index (χ0v) is 14.2. The van der Waals surface area contributed by atoms with E-state index in [4.69, 9.17) is 5.11 Å². The standard InChI is InChI=1S/C22H19NO3/c24-20-14-23(13-15-8-9-16-4-1-2-5-18(16)12-15)22-17(10-11-21(25)26)6-3-7-19(20)22/h1-12,20,24H,13-14H2,(H,25,26)/b11-10+. The van der Waals surface area contributed by atoms with Crippen molar-refractivity contribution in [3.8, 4) is 0 Å². The molecule has 0 amide bonds. The lowest BCUT2D eigenvalue weighted by Gasteiger charge is -2.21. The van der Waals surface area contributed by atoms with Crippen LogP contribution in [-0.4, -0.2) is 22.7 Å². The van der Waals surface area contributed by atoms with Crippen molar-refractivity contribution in [3.63, 3.8) is 0 Å². The van der Waals surface area contributed by atoms with Crippen LogP contribution >= 0.6 is 0 Å². The van der Waals surface area contributed by atoms with Crippen molar-refractivity contribution in [1.82, 2.24) is 0 Å². The summed E-state index contributed by atoms with van der Waals surface area (Å²) >= 11 is 0. The highest BCUT2D eigenvalue weighted by atomic mass is 16.4. The van der Waals surface area contributed by atoms with Gasteiger partial charge in [0.25, 0.3) is 0 Å². The molecule has 2 N–H and O–H groups in total. The van der Waals surface area contributed by atoms with Gasteiger partial charge < -0.3 is 15.1 Å². The second kappa shape index (κ2) is 6.65. The quantitative estimate of drug-likeness (QED) is 0.702. The molecule has 0 fully saturated rings. The number of hydrogen-bond donors (Lipinski definition) is 2. The Kier molecular flexibility index (Phi) is 4.19. The van der Waals surface area contributed by atoms with Crippen LogP contribution in [0, 0.1) is 0 Å². The molecule has 0 bridgehead atoms. The molecule has 1 unspecified atom stereocenters. The molecule has 0 spiro atoms. The first kappa shape index (κ1) is 16.4. The van der Waals surface area contributed by atoms with Crippen LogP contribution in [0.2, 0.25) is 0 Å². The maximum atomic E-state index is 10.9. The Morgan fingerprint density at radius 1 is 1.08 bits per heavy atom. The number of benzene rings is 3. The third-order valence-electron chi connectivity index (χ3n) is 4.76. The Morgan fingerprint density at radius 2 is 1.88 bits per heavy atom. The monoisotopic (exact) mass is 345 g/mol. The minimum absolute atomic E-state index is 0.500. The van der Waals surface area contributed by atoms with Crippen LogP contribution in [0.5, 0.6) is 0 Å². The summed E-state index contributed by atoms with van der Waals surface area (Å²) in [5.74, 6) is -0.984. The van der Waals surface area contributed by atoms with Gasteiger partial charge in [-0.2, -0.15) is 0 Å². The number of aliphatic hydroxyl groups is 1. The minimum Gasteiger partial charge on any atom is -0.478 e. The second-order valence-electron chi connectivity index (χ2n) is 6.53. The molecule has 0 aromatic heterocycles. The number of anilines is 1. The number of rotatable bonds is 4. The molecule has 26 heavy (non-hydrogen) atoms. The van der Waals surface area contributed by atoms with Crippen molar-refractivity contribution in [2.24, 2.45) is 0 Å². The van der Waals surface area contributed by atoms with E-state index in [-0.39, 0.29) is 0 Å². The van der Waals surface area contributed by atoms with Gasteiger partial charge >= 0.3 is 5.97 Å². The molecule has 4 rings (SSSR count). The van der Waals surface area contributed by atoms with Crippen LogP contribution in [0.25, 0.3) is 16.8 Å². The molecule has 1 heterocycles. The number of carboxylic acid groups (broad SMARTS) is 1. The largest absolute Gasteiger partial charge is 0.478 e. The Morgan fingerprint density at radius 3 is 2.69 bits per heavy atom. The molecule has 1 aliphatic rings. The van der Waals surface area contributed by atoms with E-state index in [1.54, 1.807) is 6.08 Å². The number of para-hydroxylation sites is 1. The maximum Gasteiger partial charge on any atom is 0.328 e. The smallest absolute Gasteiger partial charge is 0.328 e. The summed E-state index contributed by atoms with van der Waals surface area (Å²) in [5.41, 5.74) is 3.71. The van der Waals surface area contributed by atoms with Gasteiger partial charge in [0.2, 0.25) is 0 Å². The molecular formula is C22H19NO3. The van der Waals surface area contributed by atoms with Gasteiger partial charge in [0.05, 0.1) is 11.8 Å². The molecule has 4 heteroatoms. The van der Waals surface area contributed by atoms with E-state index in [1.165, 1.54) is 10.8 Å². The van der Waals surface area contributed by atoms with Crippen LogP contribution in [0.1, 0.15) is 22.8 Å². The zero-order valence-electron chi connectivity index (χ0n) is 14.2. The molecule has 1 atom stereocenters. The third kappa shape index (κ3) is 3.07. The maximum absolute atomic E-state index is 10.9. The Balaban J connectivity index is 1.69. The van der Waals surface area contributed by atoms with Crippen molar-refractivity contribution >= 4 is 28.5 Å².